The van der Waals surface area contributed by atoms with Gasteiger partial charge in [-0.2, -0.15) is 0 Å². The van der Waals surface area contributed by atoms with Crippen molar-refractivity contribution in [2.75, 3.05) is 7.11 Å². The summed E-state index contributed by atoms with van der Waals surface area (Å²) in [4.78, 5) is 22.8. The van der Waals surface area contributed by atoms with Crippen LogP contribution in [-0.2, 0) is 19.1 Å². The van der Waals surface area contributed by atoms with Crippen molar-refractivity contribution in [2.24, 2.45) is 5.92 Å². The van der Waals surface area contributed by atoms with Crippen LogP contribution in [0.2, 0.25) is 0 Å². The second kappa shape index (κ2) is 14.4. The van der Waals surface area contributed by atoms with Gasteiger partial charge in [-0.1, -0.05) is 56.2 Å². The Bertz CT molecular complexity index is 728. The van der Waals surface area contributed by atoms with Crippen LogP contribution in [-0.4, -0.2) is 24.4 Å². The zero-order valence-corrected chi connectivity index (χ0v) is 20.6. The Morgan fingerprint density at radius 1 is 1.12 bits per heavy atom. The van der Waals surface area contributed by atoms with Crippen molar-refractivity contribution in [2.45, 2.75) is 95.5 Å². The normalized spacial score (nSPS) is 21.6. The molecule has 5 heteroatoms. The van der Waals surface area contributed by atoms with Crippen LogP contribution in [0.25, 0.3) is 0 Å². The lowest BCUT2D eigenvalue weighted by Crippen LogP contribution is -2.13. The van der Waals surface area contributed by atoms with Gasteiger partial charge in [-0.05, 0) is 62.0 Å². The molecule has 0 spiro atoms. The largest absolute Gasteiger partial charge is 0.469 e. The summed E-state index contributed by atoms with van der Waals surface area (Å²) < 4.78 is 10.3. The molecule has 1 aliphatic carbocycles. The first-order chi connectivity index (χ1) is 15.5. The lowest BCUT2D eigenvalue weighted by atomic mass is 9.85. The van der Waals surface area contributed by atoms with Crippen LogP contribution in [0.15, 0.2) is 36.4 Å². The molecule has 0 saturated heterocycles. The van der Waals surface area contributed by atoms with Crippen LogP contribution < -0.4 is 0 Å². The number of carbonyl (C=O) groups excluding carboxylic acids is 2. The number of esters is 2. The Kier molecular flexibility index (Phi) is 11.9. The number of unbranched alkanes of at least 4 members (excludes halogenated alkanes) is 3. The van der Waals surface area contributed by atoms with E-state index in [9.17, 15) is 9.59 Å². The minimum Gasteiger partial charge on any atom is -0.469 e. The summed E-state index contributed by atoms with van der Waals surface area (Å²) in [5.41, 5.74) is 2.33. The lowest BCUT2D eigenvalue weighted by Gasteiger charge is -2.23. The van der Waals surface area contributed by atoms with Crippen LogP contribution >= 0.6 is 11.6 Å². The molecule has 1 fully saturated rings. The number of allylic oxidation sites excluding steroid dienone is 2. The Labute approximate surface area is 198 Å². The monoisotopic (exact) mass is 462 g/mol. The molecular weight excluding hydrogens is 424 g/mol. The summed E-state index contributed by atoms with van der Waals surface area (Å²) >= 11 is 6.73. The Morgan fingerprint density at radius 2 is 1.88 bits per heavy atom. The maximum Gasteiger partial charge on any atom is 0.305 e. The third-order valence-corrected chi connectivity index (χ3v) is 6.86. The molecular formula is C27H39ClO4. The van der Waals surface area contributed by atoms with Gasteiger partial charge in [0, 0.05) is 24.6 Å². The number of benzene rings is 1. The number of methoxy groups -OCH3 is 1. The van der Waals surface area contributed by atoms with Gasteiger partial charge >= 0.3 is 11.9 Å². The van der Waals surface area contributed by atoms with Crippen LogP contribution in [0.3, 0.4) is 0 Å². The van der Waals surface area contributed by atoms with Gasteiger partial charge in [-0.25, -0.2) is 0 Å². The summed E-state index contributed by atoms with van der Waals surface area (Å²) in [6.07, 6.45) is 13.8. The number of alkyl halides is 1. The second-order valence-electron chi connectivity index (χ2n) is 8.82. The highest BCUT2D eigenvalue weighted by molar-refractivity contribution is 6.21. The molecule has 1 aliphatic rings. The van der Waals surface area contributed by atoms with Crippen LogP contribution in [0.5, 0.6) is 0 Å². The molecule has 1 saturated carbocycles. The molecule has 0 amide bonds. The first-order valence-corrected chi connectivity index (χ1v) is 12.5. The number of hydrogen-bond donors (Lipinski definition) is 0. The van der Waals surface area contributed by atoms with Gasteiger partial charge in [0.05, 0.1) is 7.11 Å². The van der Waals surface area contributed by atoms with Crippen molar-refractivity contribution in [3.8, 4) is 0 Å². The van der Waals surface area contributed by atoms with E-state index in [4.69, 9.17) is 16.3 Å². The Hall–Kier alpha value is -1.81. The molecule has 4 atom stereocenters. The molecule has 3 unspecified atom stereocenters. The van der Waals surface area contributed by atoms with E-state index in [-0.39, 0.29) is 23.4 Å². The molecule has 0 N–H and O–H groups in total. The molecule has 0 heterocycles. The highest BCUT2D eigenvalue weighted by Gasteiger charge is 2.35. The quantitative estimate of drug-likeness (QED) is 0.134. The number of hydrogen-bond acceptors (Lipinski definition) is 4. The van der Waals surface area contributed by atoms with Crippen molar-refractivity contribution in [1.29, 1.82) is 0 Å². The summed E-state index contributed by atoms with van der Waals surface area (Å²) in [6, 6.07) is 8.56. The third kappa shape index (κ3) is 8.61. The molecule has 2 rings (SSSR count). The highest BCUT2D eigenvalue weighted by atomic mass is 35.5. The topological polar surface area (TPSA) is 52.6 Å². The minimum absolute atomic E-state index is 0.146. The highest BCUT2D eigenvalue weighted by Crippen LogP contribution is 2.45. The molecule has 0 aliphatic heterocycles. The summed E-state index contributed by atoms with van der Waals surface area (Å²) in [5.74, 6) is 0.473. The van der Waals surface area contributed by atoms with E-state index in [2.05, 4.69) is 48.1 Å². The van der Waals surface area contributed by atoms with E-state index < -0.39 is 0 Å². The van der Waals surface area contributed by atoms with Crippen LogP contribution in [0, 0.1) is 5.92 Å². The zero-order chi connectivity index (χ0) is 23.3. The number of halogens is 1. The fraction of sp³-hybridized carbons (Fsp3) is 0.630. The Morgan fingerprint density at radius 3 is 2.53 bits per heavy atom. The maximum atomic E-state index is 11.6. The molecule has 1 aromatic carbocycles. The van der Waals surface area contributed by atoms with E-state index in [1.165, 1.54) is 19.6 Å². The van der Waals surface area contributed by atoms with E-state index in [1.54, 1.807) is 0 Å². The number of ether oxygens (including phenoxy) is 2. The Balaban J connectivity index is 1.97. The van der Waals surface area contributed by atoms with E-state index in [0.29, 0.717) is 18.3 Å². The SMILES string of the molecule is CCCCCC(OC(C)=O)c1ccc(C2C(Cl)CC[C@@H]2C/C=C\CCCC(=O)OC)cc1. The van der Waals surface area contributed by atoms with Gasteiger partial charge in [0.2, 0.25) is 0 Å². The maximum absolute atomic E-state index is 11.6. The third-order valence-electron chi connectivity index (χ3n) is 6.37. The van der Waals surface area contributed by atoms with Gasteiger partial charge in [0.1, 0.15) is 6.10 Å². The smallest absolute Gasteiger partial charge is 0.305 e. The van der Waals surface area contributed by atoms with E-state index in [1.807, 2.05) is 0 Å². The average molecular weight is 463 g/mol. The van der Waals surface area contributed by atoms with Gasteiger partial charge in [-0.3, -0.25) is 9.59 Å². The fourth-order valence-electron chi connectivity index (χ4n) is 4.63. The van der Waals surface area contributed by atoms with Crippen molar-refractivity contribution in [3.05, 3.63) is 47.5 Å². The van der Waals surface area contributed by atoms with Crippen LogP contribution in [0.1, 0.15) is 101 Å². The molecule has 32 heavy (non-hydrogen) atoms. The molecule has 1 aromatic rings. The molecule has 0 aromatic heterocycles. The van der Waals surface area contributed by atoms with Crippen LogP contribution in [0.4, 0.5) is 0 Å². The first-order valence-electron chi connectivity index (χ1n) is 12.1. The van der Waals surface area contributed by atoms with Gasteiger partial charge < -0.3 is 9.47 Å². The van der Waals surface area contributed by atoms with Crippen molar-refractivity contribution in [3.63, 3.8) is 0 Å². The summed E-state index contributed by atoms with van der Waals surface area (Å²) in [7, 11) is 1.43. The second-order valence-corrected chi connectivity index (χ2v) is 9.38. The molecule has 4 nitrogen and oxygen atoms in total. The van der Waals surface area contributed by atoms with E-state index in [0.717, 1.165) is 63.4 Å². The first kappa shape index (κ1) is 26.4. The van der Waals surface area contributed by atoms with Crippen molar-refractivity contribution >= 4 is 23.5 Å². The molecule has 178 valence electrons. The summed E-state index contributed by atoms with van der Waals surface area (Å²) in [5, 5.41) is 0.146. The van der Waals surface area contributed by atoms with Crippen molar-refractivity contribution < 1.29 is 19.1 Å². The zero-order valence-electron chi connectivity index (χ0n) is 19.9. The van der Waals surface area contributed by atoms with E-state index >= 15 is 0 Å². The van der Waals surface area contributed by atoms with Gasteiger partial charge in [0.25, 0.3) is 0 Å². The van der Waals surface area contributed by atoms with Crippen molar-refractivity contribution in [1.82, 2.24) is 0 Å². The minimum atomic E-state index is -0.231. The average Bonchev–Trinajstić information content (AvgIpc) is 3.15. The van der Waals surface area contributed by atoms with Gasteiger partial charge in [0.15, 0.2) is 0 Å². The predicted octanol–water partition coefficient (Wildman–Crippen LogP) is 7.26. The molecule has 0 bridgehead atoms. The number of rotatable bonds is 13. The lowest BCUT2D eigenvalue weighted by molar-refractivity contribution is -0.147. The molecule has 0 radical (unpaired) electrons. The standard InChI is InChI=1S/C27H39ClO4/c1-4-5-8-12-25(32-20(2)29)21-14-16-23(17-15-21)27-22(18-19-24(27)28)11-9-6-7-10-13-26(30)31-3/h6,9,14-17,22,24-25,27H,4-5,7-8,10-13,18-19H2,1-3H3/b9-6-/t22-,24?,25?,27?/m0/s1. The number of carbonyl (C=O) groups is 2. The predicted molar refractivity (Wildman–Crippen MR) is 130 cm³/mol. The fourth-order valence-corrected chi connectivity index (χ4v) is 5.11. The van der Waals surface area contributed by atoms with Gasteiger partial charge in [-0.15, -0.1) is 11.6 Å². The summed E-state index contributed by atoms with van der Waals surface area (Å²) in [6.45, 7) is 3.65.